The average Bonchev–Trinajstić information content (AvgIpc) is 2.35. The molecule has 2 rings (SSSR count). The van der Waals surface area contributed by atoms with Gasteiger partial charge in [0.15, 0.2) is 11.6 Å². The van der Waals surface area contributed by atoms with E-state index in [-0.39, 0.29) is 0 Å². The lowest BCUT2D eigenvalue weighted by Gasteiger charge is -2.23. The van der Waals surface area contributed by atoms with Crippen LogP contribution in [0.15, 0.2) is 18.3 Å². The molecule has 0 spiro atoms. The highest BCUT2D eigenvalue weighted by atomic mass is 32.2. The van der Waals surface area contributed by atoms with Gasteiger partial charge >= 0.3 is 0 Å². The molecule has 0 aliphatic carbocycles. The van der Waals surface area contributed by atoms with Gasteiger partial charge in [0.05, 0.1) is 6.61 Å². The van der Waals surface area contributed by atoms with E-state index in [1.54, 1.807) is 6.20 Å². The largest absolute Gasteiger partial charge is 0.490 e. The monoisotopic (exact) mass is 254 g/mol. The van der Waals surface area contributed by atoms with E-state index in [4.69, 9.17) is 4.74 Å². The summed E-state index contributed by atoms with van der Waals surface area (Å²) in [6.45, 7) is 2.59. The minimum absolute atomic E-state index is 0.363. The Kier molecular flexibility index (Phi) is 4.36. The summed E-state index contributed by atoms with van der Waals surface area (Å²) in [6, 6.07) is 4.15. The van der Waals surface area contributed by atoms with Crippen molar-refractivity contribution in [3.05, 3.63) is 18.3 Å². The molecule has 1 saturated heterocycles. The van der Waals surface area contributed by atoms with E-state index in [0.29, 0.717) is 12.6 Å². The zero-order chi connectivity index (χ0) is 12.1. The van der Waals surface area contributed by atoms with Gasteiger partial charge in [-0.25, -0.2) is 4.98 Å². The molecule has 0 radical (unpaired) electrons. The van der Waals surface area contributed by atoms with Crippen molar-refractivity contribution < 1.29 is 8.95 Å². The molecule has 0 amide bonds. The van der Waals surface area contributed by atoms with E-state index in [1.165, 1.54) is 0 Å². The fourth-order valence-corrected chi connectivity index (χ4v) is 3.20. The first kappa shape index (κ1) is 12.4. The third kappa shape index (κ3) is 3.43. The number of anilines is 1. The summed E-state index contributed by atoms with van der Waals surface area (Å²) in [5.41, 5.74) is 0. The van der Waals surface area contributed by atoms with Crippen molar-refractivity contribution in [1.29, 1.82) is 0 Å². The molecule has 0 atom stereocenters. The molecule has 1 fully saturated rings. The lowest BCUT2D eigenvalue weighted by molar-refractivity contribution is 0.340. The van der Waals surface area contributed by atoms with Crippen molar-refractivity contribution in [3.8, 4) is 5.75 Å². The number of nitrogens with one attached hydrogen (secondary N) is 1. The van der Waals surface area contributed by atoms with Crippen LogP contribution in [0.25, 0.3) is 0 Å². The Balaban J connectivity index is 2.00. The summed E-state index contributed by atoms with van der Waals surface area (Å²) >= 11 is 0. The lowest BCUT2D eigenvalue weighted by Crippen LogP contribution is -2.29. The Morgan fingerprint density at radius 1 is 1.53 bits per heavy atom. The molecule has 4 nitrogen and oxygen atoms in total. The van der Waals surface area contributed by atoms with Gasteiger partial charge in [0.2, 0.25) is 0 Å². The number of hydrogen-bond donors (Lipinski definition) is 1. The predicted molar refractivity (Wildman–Crippen MR) is 69.9 cm³/mol. The van der Waals surface area contributed by atoms with Gasteiger partial charge in [-0.15, -0.1) is 0 Å². The second-order valence-electron chi connectivity index (χ2n) is 4.05. The minimum atomic E-state index is -0.619. The quantitative estimate of drug-likeness (QED) is 0.890. The Morgan fingerprint density at radius 2 is 2.29 bits per heavy atom. The van der Waals surface area contributed by atoms with Crippen LogP contribution in [0.3, 0.4) is 0 Å². The summed E-state index contributed by atoms with van der Waals surface area (Å²) in [7, 11) is -0.619. The van der Waals surface area contributed by atoms with Crippen molar-refractivity contribution in [1.82, 2.24) is 4.98 Å². The van der Waals surface area contributed by atoms with Crippen LogP contribution in [0.5, 0.6) is 5.75 Å². The second-order valence-corrected chi connectivity index (χ2v) is 5.75. The molecule has 1 aliphatic heterocycles. The van der Waals surface area contributed by atoms with Gasteiger partial charge in [-0.2, -0.15) is 0 Å². The smallest absolute Gasteiger partial charge is 0.168 e. The molecular weight excluding hydrogens is 236 g/mol. The average molecular weight is 254 g/mol. The Labute approximate surface area is 104 Å². The summed E-state index contributed by atoms with van der Waals surface area (Å²) < 4.78 is 16.8. The molecule has 1 N–H and O–H groups in total. The first-order chi connectivity index (χ1) is 8.29. The highest BCUT2D eigenvalue weighted by molar-refractivity contribution is 7.85. The fourth-order valence-electron chi connectivity index (χ4n) is 1.90. The molecule has 0 aromatic carbocycles. The zero-order valence-electron chi connectivity index (χ0n) is 10.0. The summed E-state index contributed by atoms with van der Waals surface area (Å²) in [4.78, 5) is 4.30. The molecule has 0 unspecified atom stereocenters. The molecule has 1 aromatic rings. The third-order valence-electron chi connectivity index (χ3n) is 2.80. The number of rotatable bonds is 4. The van der Waals surface area contributed by atoms with Crippen LogP contribution in [0.1, 0.15) is 19.8 Å². The van der Waals surface area contributed by atoms with Crippen LogP contribution in [0.2, 0.25) is 0 Å². The van der Waals surface area contributed by atoms with Crippen LogP contribution >= 0.6 is 0 Å². The van der Waals surface area contributed by atoms with Crippen LogP contribution < -0.4 is 10.1 Å². The van der Waals surface area contributed by atoms with Gasteiger partial charge in [0, 0.05) is 34.5 Å². The molecule has 17 heavy (non-hydrogen) atoms. The van der Waals surface area contributed by atoms with E-state index in [9.17, 15) is 4.21 Å². The van der Waals surface area contributed by atoms with Crippen LogP contribution in [0, 0.1) is 0 Å². The number of pyridine rings is 1. The molecule has 1 aliphatic rings. The molecule has 2 heterocycles. The SMILES string of the molecule is CCOc1cccnc1NC1CCS(=O)CC1. The van der Waals surface area contributed by atoms with Gasteiger partial charge in [-0.05, 0) is 31.9 Å². The first-order valence-electron chi connectivity index (χ1n) is 5.99. The zero-order valence-corrected chi connectivity index (χ0v) is 10.8. The third-order valence-corrected chi connectivity index (χ3v) is 4.18. The van der Waals surface area contributed by atoms with E-state index in [1.807, 2.05) is 19.1 Å². The fraction of sp³-hybridized carbons (Fsp3) is 0.583. The van der Waals surface area contributed by atoms with Crippen molar-refractivity contribution >= 4 is 16.6 Å². The Morgan fingerprint density at radius 3 is 3.00 bits per heavy atom. The molecule has 94 valence electrons. The van der Waals surface area contributed by atoms with E-state index < -0.39 is 10.8 Å². The maximum Gasteiger partial charge on any atom is 0.168 e. The molecular formula is C12H18N2O2S. The minimum Gasteiger partial charge on any atom is -0.490 e. The van der Waals surface area contributed by atoms with Crippen molar-refractivity contribution in [3.63, 3.8) is 0 Å². The Bertz CT molecular complexity index is 388. The molecule has 5 heteroatoms. The van der Waals surface area contributed by atoms with E-state index >= 15 is 0 Å². The van der Waals surface area contributed by atoms with Gasteiger partial charge in [-0.1, -0.05) is 0 Å². The first-order valence-corrected chi connectivity index (χ1v) is 7.47. The summed E-state index contributed by atoms with van der Waals surface area (Å²) in [5, 5.41) is 3.38. The van der Waals surface area contributed by atoms with Crippen molar-refractivity contribution in [2.24, 2.45) is 0 Å². The van der Waals surface area contributed by atoms with Gasteiger partial charge in [0.25, 0.3) is 0 Å². The second kappa shape index (κ2) is 6.00. The van der Waals surface area contributed by atoms with Crippen LogP contribution in [0.4, 0.5) is 5.82 Å². The molecule has 1 aromatic heterocycles. The van der Waals surface area contributed by atoms with Crippen molar-refractivity contribution in [2.45, 2.75) is 25.8 Å². The van der Waals surface area contributed by atoms with E-state index in [2.05, 4.69) is 10.3 Å². The van der Waals surface area contributed by atoms with Crippen LogP contribution in [-0.4, -0.2) is 33.3 Å². The maximum absolute atomic E-state index is 11.3. The van der Waals surface area contributed by atoms with Gasteiger partial charge in [0.1, 0.15) is 0 Å². The van der Waals surface area contributed by atoms with E-state index in [0.717, 1.165) is 35.9 Å². The standard InChI is InChI=1S/C12H18N2O2S/c1-2-16-11-4-3-7-13-12(11)14-10-5-8-17(15)9-6-10/h3-4,7,10H,2,5-6,8-9H2,1H3,(H,13,14). The number of aromatic nitrogens is 1. The Hall–Kier alpha value is -1.10. The lowest BCUT2D eigenvalue weighted by atomic mass is 10.1. The summed E-state index contributed by atoms with van der Waals surface area (Å²) in [5.74, 6) is 3.16. The topological polar surface area (TPSA) is 51.2 Å². The summed E-state index contributed by atoms with van der Waals surface area (Å²) in [6.07, 6.45) is 3.63. The van der Waals surface area contributed by atoms with Crippen molar-refractivity contribution in [2.75, 3.05) is 23.4 Å². The highest BCUT2D eigenvalue weighted by Gasteiger charge is 2.19. The number of nitrogens with zero attached hydrogens (tertiary/aromatic N) is 1. The number of ether oxygens (including phenoxy) is 1. The molecule has 0 saturated carbocycles. The predicted octanol–water partition coefficient (Wildman–Crippen LogP) is 1.80. The van der Waals surface area contributed by atoms with Gasteiger partial charge in [-0.3, -0.25) is 4.21 Å². The van der Waals surface area contributed by atoms with Crippen LogP contribution in [-0.2, 0) is 10.8 Å². The highest BCUT2D eigenvalue weighted by Crippen LogP contribution is 2.23. The number of hydrogen-bond acceptors (Lipinski definition) is 4. The van der Waals surface area contributed by atoms with Gasteiger partial charge < -0.3 is 10.1 Å². The normalized spacial score (nSPS) is 24.3. The molecule has 0 bridgehead atoms. The maximum atomic E-state index is 11.3.